The van der Waals surface area contributed by atoms with Gasteiger partial charge in [0, 0.05) is 12.5 Å². The van der Waals surface area contributed by atoms with Crippen molar-refractivity contribution in [1.29, 1.82) is 0 Å². The lowest BCUT2D eigenvalue weighted by Crippen LogP contribution is -2.57. The van der Waals surface area contributed by atoms with Crippen LogP contribution in [0.25, 0.3) is 0 Å². The minimum Gasteiger partial charge on any atom is -0.391 e. The highest BCUT2D eigenvalue weighted by Crippen LogP contribution is 2.11. The van der Waals surface area contributed by atoms with Crippen LogP contribution in [0.5, 0.6) is 0 Å². The van der Waals surface area contributed by atoms with Gasteiger partial charge < -0.3 is 27.2 Å². The number of carbonyl (C=O) groups excluding carboxylic acids is 3. The zero-order chi connectivity index (χ0) is 20.4. The van der Waals surface area contributed by atoms with Crippen LogP contribution in [0.15, 0.2) is 0 Å². The number of Topliss-reactive ketones (excluding diaryl/α,β-unsaturated/α-hetero) is 1. The molecule has 26 heavy (non-hydrogen) atoms. The van der Waals surface area contributed by atoms with Crippen LogP contribution in [0.4, 0.5) is 0 Å². The van der Waals surface area contributed by atoms with E-state index in [9.17, 15) is 19.5 Å². The molecule has 0 aromatic carbocycles. The molecular weight excluding hydrogens is 336 g/mol. The molecule has 152 valence electrons. The average Bonchev–Trinajstić information content (AvgIpc) is 2.55. The molecule has 8 nitrogen and oxygen atoms in total. The molecule has 0 spiro atoms. The second-order valence-corrected chi connectivity index (χ2v) is 7.48. The second-order valence-electron chi connectivity index (χ2n) is 7.48. The minimum absolute atomic E-state index is 0.140. The molecule has 2 amide bonds. The van der Waals surface area contributed by atoms with Gasteiger partial charge in [-0.2, -0.15) is 0 Å². The summed E-state index contributed by atoms with van der Waals surface area (Å²) in [6.45, 7) is 9.23. The van der Waals surface area contributed by atoms with Crippen molar-refractivity contribution in [3.63, 3.8) is 0 Å². The molecule has 0 aliphatic heterocycles. The van der Waals surface area contributed by atoms with Crippen molar-refractivity contribution >= 4 is 17.6 Å². The van der Waals surface area contributed by atoms with Gasteiger partial charge >= 0.3 is 0 Å². The molecule has 0 bridgehead atoms. The molecule has 4 atom stereocenters. The number of nitrogens with two attached hydrogens (primary N) is 2. The van der Waals surface area contributed by atoms with E-state index in [2.05, 4.69) is 10.6 Å². The average molecular weight is 373 g/mol. The summed E-state index contributed by atoms with van der Waals surface area (Å²) in [5.74, 6) is -1.57. The summed E-state index contributed by atoms with van der Waals surface area (Å²) >= 11 is 0. The summed E-state index contributed by atoms with van der Waals surface area (Å²) in [5, 5.41) is 15.1. The van der Waals surface area contributed by atoms with Crippen LogP contribution in [-0.4, -0.2) is 54.0 Å². The molecule has 0 aromatic rings. The first-order chi connectivity index (χ1) is 12.0. The SMILES string of the molecule is CC(C)CC(CN)C(=O)N[C@H](C(=O)N[C@@H](CCN)C(=O)C(C)C)[C@H](C)O. The molecule has 7 N–H and O–H groups in total. The zero-order valence-corrected chi connectivity index (χ0v) is 16.6. The summed E-state index contributed by atoms with van der Waals surface area (Å²) in [5.41, 5.74) is 11.2. The molecule has 0 heterocycles. The van der Waals surface area contributed by atoms with Gasteiger partial charge in [0.15, 0.2) is 5.78 Å². The summed E-state index contributed by atoms with van der Waals surface area (Å²) in [4.78, 5) is 37.2. The number of aliphatic hydroxyl groups is 1. The predicted octanol–water partition coefficient (Wildman–Crippen LogP) is -0.468. The highest BCUT2D eigenvalue weighted by atomic mass is 16.3. The number of nitrogens with one attached hydrogen (secondary N) is 2. The fraction of sp³-hybridized carbons (Fsp3) is 0.833. The summed E-state index contributed by atoms with van der Waals surface area (Å²) in [6, 6.07) is -1.91. The fourth-order valence-electron chi connectivity index (χ4n) is 2.67. The third-order valence-corrected chi connectivity index (χ3v) is 4.16. The van der Waals surface area contributed by atoms with Crippen molar-refractivity contribution in [3.8, 4) is 0 Å². The van der Waals surface area contributed by atoms with Crippen molar-refractivity contribution in [1.82, 2.24) is 10.6 Å². The van der Waals surface area contributed by atoms with Crippen LogP contribution in [-0.2, 0) is 14.4 Å². The van der Waals surface area contributed by atoms with E-state index in [-0.39, 0.29) is 36.6 Å². The molecule has 1 unspecified atom stereocenters. The monoisotopic (exact) mass is 372 g/mol. The first kappa shape index (κ1) is 24.5. The van der Waals surface area contributed by atoms with Crippen LogP contribution >= 0.6 is 0 Å². The van der Waals surface area contributed by atoms with Crippen molar-refractivity contribution in [2.45, 2.75) is 65.6 Å². The second kappa shape index (κ2) is 12.0. The molecule has 0 radical (unpaired) electrons. The molecule has 0 aromatic heterocycles. The number of rotatable bonds is 12. The Balaban J connectivity index is 5.14. The largest absolute Gasteiger partial charge is 0.391 e. The maximum atomic E-state index is 12.6. The maximum Gasteiger partial charge on any atom is 0.245 e. The van der Waals surface area contributed by atoms with Crippen molar-refractivity contribution < 1.29 is 19.5 Å². The Kier molecular flexibility index (Phi) is 11.3. The van der Waals surface area contributed by atoms with Crippen LogP contribution in [0.3, 0.4) is 0 Å². The predicted molar refractivity (Wildman–Crippen MR) is 101 cm³/mol. The first-order valence-electron chi connectivity index (χ1n) is 9.27. The van der Waals surface area contributed by atoms with Gasteiger partial charge in [0.1, 0.15) is 6.04 Å². The molecule has 0 saturated heterocycles. The Bertz CT molecular complexity index is 466. The molecule has 0 aliphatic rings. The van der Waals surface area contributed by atoms with E-state index in [0.717, 1.165) is 0 Å². The summed E-state index contributed by atoms with van der Waals surface area (Å²) in [7, 11) is 0. The normalized spacial score (nSPS) is 16.1. The standard InChI is InChI=1S/C18H36N4O4/c1-10(2)8-13(9-20)17(25)22-15(12(5)23)18(26)21-14(6-7-19)16(24)11(3)4/h10-15,23H,6-9,19-20H2,1-5H3,(H,21,26)(H,22,25)/t12-,13?,14-,15-/m0/s1. The van der Waals surface area contributed by atoms with E-state index in [1.54, 1.807) is 13.8 Å². The minimum atomic E-state index is -1.16. The van der Waals surface area contributed by atoms with Crippen LogP contribution in [0.2, 0.25) is 0 Å². The van der Waals surface area contributed by atoms with Gasteiger partial charge in [0.05, 0.1) is 18.1 Å². The van der Waals surface area contributed by atoms with Gasteiger partial charge in [0.25, 0.3) is 0 Å². The highest BCUT2D eigenvalue weighted by Gasteiger charge is 2.31. The number of amides is 2. The van der Waals surface area contributed by atoms with Crippen LogP contribution in [0.1, 0.15) is 47.5 Å². The lowest BCUT2D eigenvalue weighted by Gasteiger charge is -2.27. The Morgan fingerprint density at radius 2 is 1.54 bits per heavy atom. The van der Waals surface area contributed by atoms with E-state index in [1.165, 1.54) is 6.92 Å². The summed E-state index contributed by atoms with van der Waals surface area (Å²) in [6.07, 6.45) is -0.246. The van der Waals surface area contributed by atoms with Crippen LogP contribution in [0, 0.1) is 17.8 Å². The summed E-state index contributed by atoms with van der Waals surface area (Å²) < 4.78 is 0. The maximum absolute atomic E-state index is 12.6. The first-order valence-corrected chi connectivity index (χ1v) is 9.27. The van der Waals surface area contributed by atoms with Gasteiger partial charge in [-0.15, -0.1) is 0 Å². The lowest BCUT2D eigenvalue weighted by atomic mass is 9.95. The molecule has 0 fully saturated rings. The van der Waals surface area contributed by atoms with Gasteiger partial charge in [-0.05, 0) is 32.2 Å². The number of ketones is 1. The molecule has 0 aliphatic carbocycles. The third-order valence-electron chi connectivity index (χ3n) is 4.16. The van der Waals surface area contributed by atoms with Crippen molar-refractivity contribution in [3.05, 3.63) is 0 Å². The molecule has 8 heteroatoms. The highest BCUT2D eigenvalue weighted by molar-refractivity contribution is 5.94. The van der Waals surface area contributed by atoms with Crippen molar-refractivity contribution in [2.24, 2.45) is 29.2 Å². The molecular formula is C18H36N4O4. The van der Waals surface area contributed by atoms with E-state index in [4.69, 9.17) is 11.5 Å². The number of hydrogen-bond donors (Lipinski definition) is 5. The third kappa shape index (κ3) is 8.25. The topological polar surface area (TPSA) is 148 Å². The van der Waals surface area contributed by atoms with Gasteiger partial charge in [-0.1, -0.05) is 27.7 Å². The van der Waals surface area contributed by atoms with E-state index >= 15 is 0 Å². The fourth-order valence-corrected chi connectivity index (χ4v) is 2.67. The quantitative estimate of drug-likeness (QED) is 0.313. The number of carbonyl (C=O) groups is 3. The van der Waals surface area contributed by atoms with E-state index < -0.39 is 30.0 Å². The van der Waals surface area contributed by atoms with E-state index in [1.807, 2.05) is 13.8 Å². The Hall–Kier alpha value is -1.51. The van der Waals surface area contributed by atoms with Gasteiger partial charge in [-0.25, -0.2) is 0 Å². The van der Waals surface area contributed by atoms with Crippen molar-refractivity contribution in [2.75, 3.05) is 13.1 Å². The van der Waals surface area contributed by atoms with Gasteiger partial charge in [-0.3, -0.25) is 14.4 Å². The number of hydrogen-bond acceptors (Lipinski definition) is 6. The molecule has 0 rings (SSSR count). The Labute approximate surface area is 156 Å². The van der Waals surface area contributed by atoms with E-state index in [0.29, 0.717) is 12.8 Å². The lowest BCUT2D eigenvalue weighted by molar-refractivity contribution is -0.135. The Morgan fingerprint density at radius 1 is 0.962 bits per heavy atom. The van der Waals surface area contributed by atoms with Crippen LogP contribution < -0.4 is 22.1 Å². The zero-order valence-electron chi connectivity index (χ0n) is 16.6. The smallest absolute Gasteiger partial charge is 0.245 e. The molecule has 0 saturated carbocycles. The van der Waals surface area contributed by atoms with Gasteiger partial charge in [0.2, 0.25) is 11.8 Å². The Morgan fingerprint density at radius 3 is 1.92 bits per heavy atom. The number of aliphatic hydroxyl groups excluding tert-OH is 1.